The van der Waals surface area contributed by atoms with Gasteiger partial charge in [0.15, 0.2) is 5.96 Å². The quantitative estimate of drug-likeness (QED) is 0.246. The molecule has 7 heteroatoms. The average molecular weight is 427 g/mol. The van der Waals surface area contributed by atoms with Gasteiger partial charge in [-0.1, -0.05) is 6.07 Å². The third kappa shape index (κ3) is 11.9. The normalized spacial score (nSPS) is 11.2. The number of nitrogens with one attached hydrogen (secondary N) is 1. The van der Waals surface area contributed by atoms with Gasteiger partial charge in [-0.05, 0) is 30.7 Å². The lowest BCUT2D eigenvalue weighted by molar-refractivity contribution is 0.0690. The summed E-state index contributed by atoms with van der Waals surface area (Å²) in [5.74, 6) is 0.529. The Hall–Kier alpha value is -0.380. The molecule has 0 aliphatic rings. The molecule has 21 heavy (non-hydrogen) atoms. The van der Waals surface area contributed by atoms with E-state index in [1.54, 1.807) is 18.4 Å². The smallest absolute Gasteiger partial charge is 0.188 e. The molecule has 0 saturated heterocycles. The first-order valence-corrected chi connectivity index (χ1v) is 7.83. The summed E-state index contributed by atoms with van der Waals surface area (Å²) in [6, 6.07) is 4.19. The van der Waals surface area contributed by atoms with Crippen LogP contribution < -0.4 is 11.1 Å². The minimum Gasteiger partial charge on any atom is -0.382 e. The number of guanidine groups is 1. The van der Waals surface area contributed by atoms with Gasteiger partial charge in [-0.25, -0.2) is 0 Å². The molecule has 0 aliphatic carbocycles. The molecule has 1 heterocycles. The Morgan fingerprint density at radius 1 is 1.33 bits per heavy atom. The molecule has 0 spiro atoms. The Morgan fingerprint density at radius 3 is 2.90 bits per heavy atom. The van der Waals surface area contributed by atoms with E-state index in [1.807, 2.05) is 0 Å². The van der Waals surface area contributed by atoms with Gasteiger partial charge >= 0.3 is 0 Å². The van der Waals surface area contributed by atoms with Gasteiger partial charge in [0.2, 0.25) is 0 Å². The Balaban J connectivity index is 0.00000400. The van der Waals surface area contributed by atoms with Crippen molar-refractivity contribution in [1.82, 2.24) is 5.32 Å². The van der Waals surface area contributed by atoms with Crippen molar-refractivity contribution in [2.75, 3.05) is 40.0 Å². The number of methoxy groups -OCH3 is 1. The largest absolute Gasteiger partial charge is 0.382 e. The second kappa shape index (κ2) is 14.6. The molecular formula is C14H26IN3O2S. The van der Waals surface area contributed by atoms with Crippen LogP contribution in [0.2, 0.25) is 0 Å². The van der Waals surface area contributed by atoms with Crippen LogP contribution in [-0.2, 0) is 15.9 Å². The molecule has 0 aromatic carbocycles. The summed E-state index contributed by atoms with van der Waals surface area (Å²) >= 11 is 1.76. The molecule has 0 radical (unpaired) electrons. The predicted octanol–water partition coefficient (Wildman–Crippen LogP) is 2.26. The van der Waals surface area contributed by atoms with E-state index >= 15 is 0 Å². The average Bonchev–Trinajstić information content (AvgIpc) is 2.95. The van der Waals surface area contributed by atoms with Crippen LogP contribution in [-0.4, -0.2) is 46.0 Å². The predicted molar refractivity (Wildman–Crippen MR) is 99.9 cm³/mol. The number of hydrogen-bond acceptors (Lipinski definition) is 4. The molecule has 0 unspecified atom stereocenters. The van der Waals surface area contributed by atoms with Crippen molar-refractivity contribution in [2.45, 2.75) is 19.3 Å². The van der Waals surface area contributed by atoms with Crippen molar-refractivity contribution in [3.05, 3.63) is 22.4 Å². The van der Waals surface area contributed by atoms with E-state index in [-0.39, 0.29) is 24.0 Å². The Morgan fingerprint density at radius 2 is 2.19 bits per heavy atom. The van der Waals surface area contributed by atoms with Crippen LogP contribution in [0, 0.1) is 0 Å². The molecule has 0 aliphatic heterocycles. The van der Waals surface area contributed by atoms with Gasteiger partial charge in [0.05, 0.1) is 13.2 Å². The maximum Gasteiger partial charge on any atom is 0.188 e. The number of aliphatic imine (C=N–C) groups is 1. The second-order valence-electron chi connectivity index (χ2n) is 4.34. The van der Waals surface area contributed by atoms with Crippen molar-refractivity contribution in [2.24, 2.45) is 10.7 Å². The van der Waals surface area contributed by atoms with E-state index in [4.69, 9.17) is 15.2 Å². The number of thiophene rings is 1. The maximum absolute atomic E-state index is 5.79. The van der Waals surface area contributed by atoms with E-state index in [0.717, 1.165) is 39.0 Å². The van der Waals surface area contributed by atoms with E-state index < -0.39 is 0 Å². The van der Waals surface area contributed by atoms with Crippen LogP contribution in [0.3, 0.4) is 0 Å². The molecule has 0 fully saturated rings. The maximum atomic E-state index is 5.79. The van der Waals surface area contributed by atoms with E-state index in [1.165, 1.54) is 4.88 Å². The number of rotatable bonds is 11. The Bertz CT molecular complexity index is 361. The lowest BCUT2D eigenvalue weighted by atomic mass is 10.3. The molecule has 5 nitrogen and oxygen atoms in total. The number of hydrogen-bond donors (Lipinski definition) is 2. The molecule has 0 saturated carbocycles. The Kier molecular flexibility index (Phi) is 14.3. The highest BCUT2D eigenvalue weighted by atomic mass is 127. The zero-order valence-electron chi connectivity index (χ0n) is 12.5. The number of nitrogens with two attached hydrogens (primary N) is 1. The highest BCUT2D eigenvalue weighted by Crippen LogP contribution is 2.07. The van der Waals surface area contributed by atoms with Gasteiger partial charge in [0.25, 0.3) is 0 Å². The van der Waals surface area contributed by atoms with E-state index in [2.05, 4.69) is 27.8 Å². The van der Waals surface area contributed by atoms with Gasteiger partial charge in [-0.15, -0.1) is 35.3 Å². The van der Waals surface area contributed by atoms with Crippen LogP contribution >= 0.6 is 35.3 Å². The van der Waals surface area contributed by atoms with Crippen LogP contribution in [0.5, 0.6) is 0 Å². The van der Waals surface area contributed by atoms with Gasteiger partial charge in [-0.3, -0.25) is 4.99 Å². The summed E-state index contributed by atoms with van der Waals surface area (Å²) in [6.07, 6.45) is 2.97. The van der Waals surface area contributed by atoms with E-state index in [9.17, 15) is 0 Å². The van der Waals surface area contributed by atoms with Crippen molar-refractivity contribution in [1.29, 1.82) is 0 Å². The molecule has 1 rings (SSSR count). The summed E-state index contributed by atoms with van der Waals surface area (Å²) in [6.45, 7) is 3.64. The van der Waals surface area contributed by atoms with Crippen LogP contribution in [0.4, 0.5) is 0 Å². The van der Waals surface area contributed by atoms with Gasteiger partial charge < -0.3 is 20.5 Å². The molecule has 1 aromatic heterocycles. The van der Waals surface area contributed by atoms with Gasteiger partial charge in [0.1, 0.15) is 0 Å². The van der Waals surface area contributed by atoms with Crippen LogP contribution in [0.15, 0.2) is 22.5 Å². The molecular weight excluding hydrogens is 401 g/mol. The zero-order chi connectivity index (χ0) is 14.5. The number of nitrogens with zero attached hydrogens (tertiary/aromatic N) is 1. The monoisotopic (exact) mass is 427 g/mol. The minimum absolute atomic E-state index is 0. The molecule has 0 amide bonds. The van der Waals surface area contributed by atoms with Crippen molar-refractivity contribution in [3.63, 3.8) is 0 Å². The first-order valence-electron chi connectivity index (χ1n) is 6.96. The zero-order valence-corrected chi connectivity index (χ0v) is 15.7. The fourth-order valence-electron chi connectivity index (χ4n) is 1.58. The van der Waals surface area contributed by atoms with Crippen molar-refractivity contribution < 1.29 is 9.47 Å². The molecule has 0 atom stereocenters. The lowest BCUT2D eigenvalue weighted by Gasteiger charge is -2.05. The van der Waals surface area contributed by atoms with Crippen LogP contribution in [0.1, 0.15) is 17.7 Å². The van der Waals surface area contributed by atoms with Crippen LogP contribution in [0.25, 0.3) is 0 Å². The molecule has 122 valence electrons. The fraction of sp³-hybridized carbons (Fsp3) is 0.643. The summed E-state index contributed by atoms with van der Waals surface area (Å²) in [5.41, 5.74) is 5.79. The van der Waals surface area contributed by atoms with Crippen molar-refractivity contribution >= 4 is 41.3 Å². The highest BCUT2D eigenvalue weighted by Gasteiger charge is 1.95. The first kappa shape index (κ1) is 20.6. The third-order valence-corrected chi connectivity index (χ3v) is 3.60. The summed E-state index contributed by atoms with van der Waals surface area (Å²) in [7, 11) is 1.67. The molecule has 1 aromatic rings. The summed E-state index contributed by atoms with van der Waals surface area (Å²) in [4.78, 5) is 5.64. The second-order valence-corrected chi connectivity index (χ2v) is 5.37. The highest BCUT2D eigenvalue weighted by molar-refractivity contribution is 14.0. The summed E-state index contributed by atoms with van der Waals surface area (Å²) < 4.78 is 10.3. The fourth-order valence-corrected chi connectivity index (χ4v) is 2.29. The van der Waals surface area contributed by atoms with Gasteiger partial charge in [0, 0.05) is 31.7 Å². The molecule has 3 N–H and O–H groups in total. The SMILES string of the molecule is COCCOCCCCN=C(N)NCCc1cccs1.I. The first-order chi connectivity index (χ1) is 9.83. The number of halogens is 1. The van der Waals surface area contributed by atoms with E-state index in [0.29, 0.717) is 19.2 Å². The summed E-state index contributed by atoms with van der Waals surface area (Å²) in [5, 5.41) is 5.21. The number of ether oxygens (including phenoxy) is 2. The topological polar surface area (TPSA) is 68.9 Å². The van der Waals surface area contributed by atoms with Gasteiger partial charge in [-0.2, -0.15) is 0 Å². The molecule has 0 bridgehead atoms. The number of unbranched alkanes of at least 4 members (excludes halogenated alkanes) is 1. The minimum atomic E-state index is 0. The third-order valence-electron chi connectivity index (χ3n) is 2.67. The lowest BCUT2D eigenvalue weighted by Crippen LogP contribution is -2.33. The Labute approximate surface area is 148 Å². The standard InChI is InChI=1S/C14H25N3O2S.HI/c1-18-10-11-19-9-3-2-7-16-14(15)17-8-6-13-5-4-12-20-13;/h4-5,12H,2-3,6-11H2,1H3,(H3,15,16,17);1H. The van der Waals surface area contributed by atoms with Crippen molar-refractivity contribution in [3.8, 4) is 0 Å².